The molecule has 0 amide bonds. The first-order valence-electron chi connectivity index (χ1n) is 10.4. The number of halogens is 6. The van der Waals surface area contributed by atoms with Crippen LogP contribution in [0.5, 0.6) is 0 Å². The van der Waals surface area contributed by atoms with Crippen LogP contribution in [0.15, 0.2) is 43.1 Å². The van der Waals surface area contributed by atoms with Gasteiger partial charge in [0.1, 0.15) is 24.5 Å². The van der Waals surface area contributed by atoms with Gasteiger partial charge in [-0.1, -0.05) is 0 Å². The van der Waals surface area contributed by atoms with Crippen molar-refractivity contribution in [3.05, 3.63) is 65.6 Å². The van der Waals surface area contributed by atoms with E-state index in [1.807, 2.05) is 6.07 Å². The SMILES string of the molecule is CCN(c1ncnc2c(C(F)(F)F)cc(C(F)(F)F)cc12)C(C)c1ncnn1-c1ccc(C#N)cn1. The van der Waals surface area contributed by atoms with Crippen LogP contribution in [0.4, 0.5) is 32.2 Å². The first kappa shape index (κ1) is 24.8. The Labute approximate surface area is 199 Å². The topological polar surface area (TPSA) is 96.4 Å². The number of anilines is 1. The van der Waals surface area contributed by atoms with E-state index in [0.29, 0.717) is 23.3 Å². The minimum absolute atomic E-state index is 0.0476. The summed E-state index contributed by atoms with van der Waals surface area (Å²) in [6.07, 6.45) is -6.65. The van der Waals surface area contributed by atoms with E-state index in [9.17, 15) is 26.3 Å². The second-order valence-corrected chi connectivity index (χ2v) is 7.62. The van der Waals surface area contributed by atoms with Crippen LogP contribution in [0.25, 0.3) is 16.7 Å². The Kier molecular flexibility index (Phi) is 6.25. The van der Waals surface area contributed by atoms with Crippen molar-refractivity contribution in [3.63, 3.8) is 0 Å². The molecule has 1 aromatic carbocycles. The molecule has 0 spiro atoms. The zero-order valence-corrected chi connectivity index (χ0v) is 18.7. The molecule has 36 heavy (non-hydrogen) atoms. The van der Waals surface area contributed by atoms with Gasteiger partial charge in [-0.2, -0.15) is 41.4 Å². The highest BCUT2D eigenvalue weighted by molar-refractivity contribution is 5.92. The van der Waals surface area contributed by atoms with Gasteiger partial charge in [0.05, 0.1) is 28.2 Å². The van der Waals surface area contributed by atoms with Gasteiger partial charge < -0.3 is 4.90 Å². The molecule has 0 aliphatic heterocycles. The number of hydrogen-bond donors (Lipinski definition) is 0. The molecule has 186 valence electrons. The van der Waals surface area contributed by atoms with E-state index in [0.717, 1.165) is 6.33 Å². The highest BCUT2D eigenvalue weighted by Gasteiger charge is 2.39. The van der Waals surface area contributed by atoms with Crippen LogP contribution in [0.2, 0.25) is 0 Å². The molecule has 3 heterocycles. The molecule has 8 nitrogen and oxygen atoms in total. The lowest BCUT2D eigenvalue weighted by Crippen LogP contribution is -2.30. The van der Waals surface area contributed by atoms with Gasteiger partial charge in [0.25, 0.3) is 0 Å². The number of fused-ring (bicyclic) bond motifs is 1. The number of alkyl halides is 6. The van der Waals surface area contributed by atoms with E-state index in [4.69, 9.17) is 5.26 Å². The molecular weight excluding hydrogens is 490 g/mol. The first-order valence-corrected chi connectivity index (χ1v) is 10.4. The van der Waals surface area contributed by atoms with E-state index in [1.54, 1.807) is 13.8 Å². The van der Waals surface area contributed by atoms with E-state index < -0.39 is 40.4 Å². The van der Waals surface area contributed by atoms with Gasteiger partial charge in [-0.3, -0.25) is 0 Å². The molecule has 0 aliphatic carbocycles. The van der Waals surface area contributed by atoms with Crippen molar-refractivity contribution in [1.82, 2.24) is 29.7 Å². The van der Waals surface area contributed by atoms with Crippen LogP contribution in [0, 0.1) is 11.3 Å². The van der Waals surface area contributed by atoms with Gasteiger partial charge in [-0.15, -0.1) is 0 Å². The lowest BCUT2D eigenvalue weighted by molar-refractivity contribution is -0.142. The van der Waals surface area contributed by atoms with Crippen molar-refractivity contribution in [2.75, 3.05) is 11.4 Å². The summed E-state index contributed by atoms with van der Waals surface area (Å²) in [6.45, 7) is 3.47. The van der Waals surface area contributed by atoms with Crippen LogP contribution in [-0.2, 0) is 12.4 Å². The second kappa shape index (κ2) is 9.06. The molecule has 3 aromatic heterocycles. The fourth-order valence-corrected chi connectivity index (χ4v) is 3.80. The van der Waals surface area contributed by atoms with Crippen LogP contribution < -0.4 is 4.90 Å². The minimum atomic E-state index is -5.07. The summed E-state index contributed by atoms with van der Waals surface area (Å²) < 4.78 is 82.9. The summed E-state index contributed by atoms with van der Waals surface area (Å²) in [5, 5.41) is 12.7. The average Bonchev–Trinajstić information content (AvgIpc) is 3.33. The van der Waals surface area contributed by atoms with Crippen molar-refractivity contribution >= 4 is 16.7 Å². The third-order valence-corrected chi connectivity index (χ3v) is 5.47. The monoisotopic (exact) mass is 506 g/mol. The van der Waals surface area contributed by atoms with E-state index in [-0.39, 0.29) is 18.4 Å². The maximum Gasteiger partial charge on any atom is 0.418 e. The molecule has 0 aliphatic rings. The number of pyridine rings is 1. The lowest BCUT2D eigenvalue weighted by Gasteiger charge is -2.29. The Hall–Kier alpha value is -4.28. The Bertz CT molecular complexity index is 1440. The number of aromatic nitrogens is 6. The fraction of sp³-hybridized carbons (Fsp3) is 0.273. The molecule has 0 bridgehead atoms. The summed E-state index contributed by atoms with van der Waals surface area (Å²) in [5.41, 5.74) is -3.31. The molecule has 0 saturated heterocycles. The van der Waals surface area contributed by atoms with Crippen molar-refractivity contribution in [2.24, 2.45) is 0 Å². The molecule has 1 unspecified atom stereocenters. The molecule has 0 radical (unpaired) electrons. The number of nitrogens with zero attached hydrogens (tertiary/aromatic N) is 8. The van der Waals surface area contributed by atoms with E-state index in [1.165, 1.54) is 34.2 Å². The van der Waals surface area contributed by atoms with Gasteiger partial charge in [0.2, 0.25) is 0 Å². The Morgan fingerprint density at radius 3 is 2.33 bits per heavy atom. The van der Waals surface area contributed by atoms with Gasteiger partial charge in [0, 0.05) is 18.1 Å². The normalized spacial score (nSPS) is 13.0. The van der Waals surface area contributed by atoms with Gasteiger partial charge >= 0.3 is 12.4 Å². The third kappa shape index (κ3) is 4.51. The van der Waals surface area contributed by atoms with Crippen molar-refractivity contribution < 1.29 is 26.3 Å². The quantitative estimate of drug-likeness (QED) is 0.348. The summed E-state index contributed by atoms with van der Waals surface area (Å²) in [5.74, 6) is 0.480. The maximum atomic E-state index is 13.7. The second-order valence-electron chi connectivity index (χ2n) is 7.62. The average molecular weight is 506 g/mol. The predicted molar refractivity (Wildman–Crippen MR) is 115 cm³/mol. The third-order valence-electron chi connectivity index (χ3n) is 5.47. The Balaban J connectivity index is 1.87. The minimum Gasteiger partial charge on any atom is -0.346 e. The van der Waals surface area contributed by atoms with Gasteiger partial charge in [-0.25, -0.2) is 19.9 Å². The smallest absolute Gasteiger partial charge is 0.346 e. The molecule has 0 fully saturated rings. The van der Waals surface area contributed by atoms with Crippen molar-refractivity contribution in [2.45, 2.75) is 32.2 Å². The largest absolute Gasteiger partial charge is 0.418 e. The fourth-order valence-electron chi connectivity index (χ4n) is 3.80. The van der Waals surface area contributed by atoms with Crippen LogP contribution in [-0.4, -0.2) is 36.3 Å². The van der Waals surface area contributed by atoms with Crippen molar-refractivity contribution in [3.8, 4) is 11.9 Å². The Morgan fingerprint density at radius 1 is 1.00 bits per heavy atom. The lowest BCUT2D eigenvalue weighted by atomic mass is 10.0. The number of nitriles is 1. The highest BCUT2D eigenvalue weighted by Crippen LogP contribution is 2.42. The number of rotatable bonds is 5. The summed E-state index contributed by atoms with van der Waals surface area (Å²) in [6, 6.07) is 4.94. The summed E-state index contributed by atoms with van der Waals surface area (Å²) in [7, 11) is 0. The zero-order valence-electron chi connectivity index (χ0n) is 18.7. The molecule has 0 N–H and O–H groups in total. The van der Waals surface area contributed by atoms with Crippen LogP contribution in [0.3, 0.4) is 0 Å². The maximum absolute atomic E-state index is 13.7. The molecule has 4 aromatic rings. The van der Waals surface area contributed by atoms with E-state index >= 15 is 0 Å². The highest BCUT2D eigenvalue weighted by atomic mass is 19.4. The predicted octanol–water partition coefficient (Wildman–Crippen LogP) is 5.10. The molecule has 4 rings (SSSR count). The number of benzene rings is 1. The molecular formula is C22H16F6N8. The van der Waals surface area contributed by atoms with Gasteiger partial charge in [-0.05, 0) is 38.1 Å². The summed E-state index contributed by atoms with van der Waals surface area (Å²) in [4.78, 5) is 17.6. The summed E-state index contributed by atoms with van der Waals surface area (Å²) >= 11 is 0. The van der Waals surface area contributed by atoms with Gasteiger partial charge in [0.15, 0.2) is 11.6 Å². The number of hydrogen-bond acceptors (Lipinski definition) is 7. The first-order chi connectivity index (χ1) is 17.0. The van der Waals surface area contributed by atoms with Crippen molar-refractivity contribution in [1.29, 1.82) is 5.26 Å². The van der Waals surface area contributed by atoms with E-state index in [2.05, 4.69) is 25.0 Å². The molecule has 1 atom stereocenters. The Morgan fingerprint density at radius 2 is 1.75 bits per heavy atom. The zero-order chi connectivity index (χ0) is 26.3. The van der Waals surface area contributed by atoms with Crippen LogP contribution in [0.1, 0.15) is 42.4 Å². The molecule has 0 saturated carbocycles. The standard InChI is InChI=1S/C22H16F6N8/c1-3-35(12(2)19-33-11-34-36(19)17-5-4-13(8-29)9-30-17)20-15-6-14(21(23,24)25)7-16(22(26,27)28)18(15)31-10-32-20/h4-7,9-12H,3H2,1-2H3. The molecule has 14 heteroatoms. The van der Waals surface area contributed by atoms with Crippen LogP contribution >= 0.6 is 0 Å².